The Morgan fingerprint density at radius 1 is 1.33 bits per heavy atom. The summed E-state index contributed by atoms with van der Waals surface area (Å²) >= 11 is 7.74. The van der Waals surface area contributed by atoms with Crippen molar-refractivity contribution < 1.29 is 0 Å². The third kappa shape index (κ3) is 0.892. The quantitative estimate of drug-likeness (QED) is 0.579. The van der Waals surface area contributed by atoms with Gasteiger partial charge in [0, 0.05) is 9.40 Å². The molecule has 2 aromatic heterocycles. The van der Waals surface area contributed by atoms with Crippen LogP contribution in [-0.2, 0) is 0 Å². The van der Waals surface area contributed by atoms with Gasteiger partial charge < -0.3 is 0 Å². The zero-order chi connectivity index (χ0) is 6.27. The van der Waals surface area contributed by atoms with Crippen molar-refractivity contribution in [3.05, 3.63) is 17.5 Å². The van der Waals surface area contributed by atoms with E-state index in [1.54, 1.807) is 22.7 Å². The summed E-state index contributed by atoms with van der Waals surface area (Å²) in [5, 5.41) is 2.11. The van der Waals surface area contributed by atoms with Crippen molar-refractivity contribution in [3.63, 3.8) is 0 Å². The summed E-state index contributed by atoms with van der Waals surface area (Å²) in [5.41, 5.74) is 0. The molecule has 2 rings (SSSR count). The van der Waals surface area contributed by atoms with Crippen LogP contribution in [-0.4, -0.2) is 0 Å². The third-order valence-electron chi connectivity index (χ3n) is 1.13. The van der Waals surface area contributed by atoms with Gasteiger partial charge >= 0.3 is 0 Å². The second-order valence-electron chi connectivity index (χ2n) is 1.73. The molecule has 0 bridgehead atoms. The standard InChI is InChI=1S/C6H4S3/c7-6-3-5-4(9-6)1-2-8-5/h1-3,7H. The molecule has 0 aliphatic carbocycles. The van der Waals surface area contributed by atoms with Crippen LogP contribution < -0.4 is 0 Å². The van der Waals surface area contributed by atoms with Gasteiger partial charge in [-0.25, -0.2) is 0 Å². The maximum absolute atomic E-state index is 4.23. The molecule has 0 saturated heterocycles. The van der Waals surface area contributed by atoms with E-state index in [-0.39, 0.29) is 0 Å². The summed E-state index contributed by atoms with van der Waals surface area (Å²) in [6.07, 6.45) is 0. The fourth-order valence-corrected chi connectivity index (χ4v) is 3.11. The number of thiol groups is 1. The molecule has 0 amide bonds. The van der Waals surface area contributed by atoms with Crippen LogP contribution in [0.5, 0.6) is 0 Å². The highest BCUT2D eigenvalue weighted by molar-refractivity contribution is 7.83. The SMILES string of the molecule is Sc1cc2sccc2s1. The molecule has 0 spiro atoms. The number of fused-ring (bicyclic) bond motifs is 1. The molecular formula is C6H4S3. The first-order valence-electron chi connectivity index (χ1n) is 2.52. The fraction of sp³-hybridized carbons (Fsp3) is 0. The predicted octanol–water partition coefficient (Wildman–Crippen LogP) is 3.25. The molecule has 0 N–H and O–H groups in total. The molecule has 9 heavy (non-hydrogen) atoms. The third-order valence-corrected chi connectivity index (χ3v) is 3.43. The van der Waals surface area contributed by atoms with Crippen LogP contribution in [0.4, 0.5) is 0 Å². The molecule has 2 heterocycles. The van der Waals surface area contributed by atoms with E-state index in [1.807, 2.05) is 0 Å². The molecule has 0 aliphatic rings. The Balaban J connectivity index is 2.92. The van der Waals surface area contributed by atoms with Crippen LogP contribution >= 0.6 is 35.3 Å². The monoisotopic (exact) mass is 172 g/mol. The van der Waals surface area contributed by atoms with Gasteiger partial charge in [-0.15, -0.1) is 35.3 Å². The van der Waals surface area contributed by atoms with Crippen molar-refractivity contribution in [1.29, 1.82) is 0 Å². The zero-order valence-corrected chi connectivity index (χ0v) is 7.02. The van der Waals surface area contributed by atoms with Gasteiger partial charge in [-0.3, -0.25) is 0 Å². The summed E-state index contributed by atoms with van der Waals surface area (Å²) in [5.74, 6) is 0. The van der Waals surface area contributed by atoms with Gasteiger partial charge in [0.15, 0.2) is 0 Å². The van der Waals surface area contributed by atoms with Crippen LogP contribution in [0.3, 0.4) is 0 Å². The predicted molar refractivity (Wildman–Crippen MR) is 47.0 cm³/mol. The minimum atomic E-state index is 1.11. The maximum Gasteiger partial charge on any atom is 0.0589 e. The summed E-state index contributed by atoms with van der Waals surface area (Å²) in [6.45, 7) is 0. The second-order valence-corrected chi connectivity index (χ2v) is 4.55. The number of hydrogen-bond donors (Lipinski definition) is 1. The lowest BCUT2D eigenvalue weighted by atomic mass is 10.5. The Hall–Kier alpha value is 0.01000. The second kappa shape index (κ2) is 2.01. The van der Waals surface area contributed by atoms with Crippen LogP contribution in [0.1, 0.15) is 0 Å². The van der Waals surface area contributed by atoms with Crippen molar-refractivity contribution >= 4 is 44.7 Å². The van der Waals surface area contributed by atoms with E-state index in [0.717, 1.165) is 4.21 Å². The summed E-state index contributed by atoms with van der Waals surface area (Å²) in [4.78, 5) is 0. The van der Waals surface area contributed by atoms with Gasteiger partial charge in [0.1, 0.15) is 0 Å². The van der Waals surface area contributed by atoms with E-state index in [0.29, 0.717) is 0 Å². The maximum atomic E-state index is 4.23. The lowest BCUT2D eigenvalue weighted by Gasteiger charge is -1.68. The van der Waals surface area contributed by atoms with Crippen LogP contribution in [0.25, 0.3) is 9.40 Å². The molecule has 3 heteroatoms. The molecule has 0 radical (unpaired) electrons. The van der Waals surface area contributed by atoms with Crippen molar-refractivity contribution in [2.75, 3.05) is 0 Å². The Bertz CT molecular complexity index is 289. The topological polar surface area (TPSA) is 0 Å². The van der Waals surface area contributed by atoms with Crippen LogP contribution in [0, 0.1) is 0 Å². The number of hydrogen-bond acceptors (Lipinski definition) is 3. The molecule has 0 saturated carbocycles. The Labute approximate surface area is 66.5 Å². The molecule has 0 fully saturated rings. The highest BCUT2D eigenvalue weighted by Crippen LogP contribution is 2.31. The minimum Gasteiger partial charge on any atom is -0.143 e. The fourth-order valence-electron chi connectivity index (χ4n) is 0.753. The first-order valence-corrected chi connectivity index (χ1v) is 4.66. The van der Waals surface area contributed by atoms with Crippen molar-refractivity contribution in [2.45, 2.75) is 4.21 Å². The normalized spacial score (nSPS) is 10.8. The van der Waals surface area contributed by atoms with Gasteiger partial charge in [-0.1, -0.05) is 0 Å². The lowest BCUT2D eigenvalue weighted by molar-refractivity contribution is 1.83. The van der Waals surface area contributed by atoms with E-state index in [2.05, 4.69) is 30.1 Å². The van der Waals surface area contributed by atoms with Gasteiger partial charge in [-0.05, 0) is 17.5 Å². The number of thiophene rings is 2. The van der Waals surface area contributed by atoms with Gasteiger partial charge in [0.25, 0.3) is 0 Å². The van der Waals surface area contributed by atoms with E-state index in [9.17, 15) is 0 Å². The first kappa shape index (κ1) is 5.77. The van der Waals surface area contributed by atoms with Gasteiger partial charge in [-0.2, -0.15) is 0 Å². The first-order chi connectivity index (χ1) is 4.36. The molecule has 46 valence electrons. The van der Waals surface area contributed by atoms with Crippen molar-refractivity contribution in [1.82, 2.24) is 0 Å². The summed E-state index contributed by atoms with van der Waals surface area (Å²) in [6, 6.07) is 4.23. The summed E-state index contributed by atoms with van der Waals surface area (Å²) < 4.78 is 3.81. The molecule has 2 aromatic rings. The van der Waals surface area contributed by atoms with E-state index in [4.69, 9.17) is 0 Å². The van der Waals surface area contributed by atoms with Gasteiger partial charge in [0.2, 0.25) is 0 Å². The van der Waals surface area contributed by atoms with Crippen LogP contribution in [0.2, 0.25) is 0 Å². The van der Waals surface area contributed by atoms with E-state index in [1.165, 1.54) is 9.40 Å². The average molecular weight is 172 g/mol. The molecular weight excluding hydrogens is 168 g/mol. The van der Waals surface area contributed by atoms with Gasteiger partial charge in [0.05, 0.1) is 4.21 Å². The molecule has 0 aromatic carbocycles. The smallest absolute Gasteiger partial charge is 0.0589 e. The molecule has 0 aliphatic heterocycles. The largest absolute Gasteiger partial charge is 0.143 e. The zero-order valence-electron chi connectivity index (χ0n) is 4.50. The van der Waals surface area contributed by atoms with Crippen LogP contribution in [0.15, 0.2) is 21.7 Å². The molecule has 0 nitrogen and oxygen atoms in total. The lowest BCUT2D eigenvalue weighted by Crippen LogP contribution is -1.36. The molecule has 0 atom stereocenters. The van der Waals surface area contributed by atoms with Crippen molar-refractivity contribution in [3.8, 4) is 0 Å². The van der Waals surface area contributed by atoms with Crippen molar-refractivity contribution in [2.24, 2.45) is 0 Å². The Morgan fingerprint density at radius 2 is 2.22 bits per heavy atom. The van der Waals surface area contributed by atoms with E-state index >= 15 is 0 Å². The minimum absolute atomic E-state index is 1.11. The average Bonchev–Trinajstić information content (AvgIpc) is 2.22. The summed E-state index contributed by atoms with van der Waals surface area (Å²) in [7, 11) is 0. The number of rotatable bonds is 0. The molecule has 0 unspecified atom stereocenters. The highest BCUT2D eigenvalue weighted by atomic mass is 32.2. The van der Waals surface area contributed by atoms with E-state index < -0.39 is 0 Å². The Morgan fingerprint density at radius 3 is 3.00 bits per heavy atom. The Kier molecular flexibility index (Phi) is 1.29. The highest BCUT2D eigenvalue weighted by Gasteiger charge is 1.96.